The van der Waals surface area contributed by atoms with Crippen LogP contribution in [0.15, 0.2) is 38.0 Å². The minimum absolute atomic E-state index is 0.0841. The molecule has 25 heavy (non-hydrogen) atoms. The molecular formula is C15H10BrF2N3O2S2. The van der Waals surface area contributed by atoms with E-state index in [1.807, 2.05) is 0 Å². The van der Waals surface area contributed by atoms with E-state index < -0.39 is 17.5 Å². The van der Waals surface area contributed by atoms with E-state index in [-0.39, 0.29) is 21.5 Å². The summed E-state index contributed by atoms with van der Waals surface area (Å²) in [6, 6.07) is 3.47. The smallest absolute Gasteiger partial charge is 0.271 e. The number of aromatic nitrogens is 2. The Morgan fingerprint density at radius 1 is 1.44 bits per heavy atom. The monoisotopic (exact) mass is 445 g/mol. The highest BCUT2D eigenvalue weighted by atomic mass is 79.9. The first-order valence-corrected chi connectivity index (χ1v) is 9.54. The molecule has 2 aromatic heterocycles. The molecule has 3 rings (SSSR count). The van der Waals surface area contributed by atoms with Crippen molar-refractivity contribution in [3.05, 3.63) is 50.0 Å². The molecule has 0 aliphatic carbocycles. The van der Waals surface area contributed by atoms with Crippen LogP contribution in [0.1, 0.15) is 0 Å². The summed E-state index contributed by atoms with van der Waals surface area (Å²) in [5.41, 5.74) is 0.251. The van der Waals surface area contributed by atoms with Gasteiger partial charge in [0.15, 0.2) is 11.0 Å². The molecule has 0 bridgehead atoms. The van der Waals surface area contributed by atoms with Crippen molar-refractivity contribution >= 4 is 60.8 Å². The number of nitrogens with one attached hydrogen (secondary N) is 1. The van der Waals surface area contributed by atoms with Gasteiger partial charge in [0.2, 0.25) is 5.91 Å². The third-order valence-electron chi connectivity index (χ3n) is 3.25. The van der Waals surface area contributed by atoms with Crippen LogP contribution in [0.5, 0.6) is 0 Å². The first kappa shape index (κ1) is 18.0. The van der Waals surface area contributed by atoms with Crippen LogP contribution in [0.3, 0.4) is 0 Å². The summed E-state index contributed by atoms with van der Waals surface area (Å²) in [7, 11) is 1.57. The molecule has 3 aromatic rings. The van der Waals surface area contributed by atoms with Crippen molar-refractivity contribution < 1.29 is 13.6 Å². The van der Waals surface area contributed by atoms with Crippen molar-refractivity contribution in [2.24, 2.45) is 7.05 Å². The Labute approximate surface area is 157 Å². The highest BCUT2D eigenvalue weighted by molar-refractivity contribution is 9.10. The van der Waals surface area contributed by atoms with Crippen molar-refractivity contribution in [1.82, 2.24) is 9.55 Å². The van der Waals surface area contributed by atoms with Gasteiger partial charge in [-0.25, -0.2) is 13.8 Å². The van der Waals surface area contributed by atoms with Crippen molar-refractivity contribution in [2.45, 2.75) is 5.16 Å². The number of nitrogens with zero attached hydrogens (tertiary/aromatic N) is 2. The maximum absolute atomic E-state index is 13.7. The fourth-order valence-corrected chi connectivity index (χ4v) is 4.15. The van der Waals surface area contributed by atoms with Gasteiger partial charge in [-0.3, -0.25) is 14.2 Å². The number of thiophene rings is 1. The van der Waals surface area contributed by atoms with Gasteiger partial charge in [-0.2, -0.15) is 0 Å². The number of halogens is 3. The lowest BCUT2D eigenvalue weighted by Gasteiger charge is -2.10. The van der Waals surface area contributed by atoms with Gasteiger partial charge in [0.1, 0.15) is 10.5 Å². The third kappa shape index (κ3) is 3.75. The Morgan fingerprint density at radius 3 is 2.92 bits per heavy atom. The molecule has 0 aliphatic heterocycles. The van der Waals surface area contributed by atoms with Crippen LogP contribution in [0, 0.1) is 11.6 Å². The Hall–Kier alpha value is -1.78. The predicted octanol–water partition coefficient (Wildman–Crippen LogP) is 3.77. The molecule has 0 saturated heterocycles. The summed E-state index contributed by atoms with van der Waals surface area (Å²) in [5.74, 6) is -2.22. The van der Waals surface area contributed by atoms with E-state index in [1.54, 1.807) is 18.5 Å². The van der Waals surface area contributed by atoms with Gasteiger partial charge in [-0.05, 0) is 33.4 Å². The molecule has 130 valence electrons. The highest BCUT2D eigenvalue weighted by Gasteiger charge is 2.15. The minimum Gasteiger partial charge on any atom is -0.322 e. The molecule has 0 atom stereocenters. The zero-order valence-electron chi connectivity index (χ0n) is 12.7. The standard InChI is InChI=1S/C15H10BrF2N3O2S2/c1-21-14(23)13-10(2-3-24-13)19-15(21)25-6-11(22)20-12-8(16)4-7(17)5-9(12)18/h2-5H,6H2,1H3,(H,20,22). The summed E-state index contributed by atoms with van der Waals surface area (Å²) < 4.78 is 28.8. The SMILES string of the molecule is Cn1c(SCC(=O)Nc2c(F)cc(F)cc2Br)nc2ccsc2c1=O. The van der Waals surface area contributed by atoms with Crippen LogP contribution in [0.4, 0.5) is 14.5 Å². The van der Waals surface area contributed by atoms with E-state index in [1.165, 1.54) is 15.9 Å². The molecule has 5 nitrogen and oxygen atoms in total. The van der Waals surface area contributed by atoms with Crippen molar-refractivity contribution in [3.8, 4) is 0 Å². The Kier molecular flexibility index (Phi) is 5.21. The van der Waals surface area contributed by atoms with E-state index >= 15 is 0 Å². The number of carbonyl (C=O) groups is 1. The van der Waals surface area contributed by atoms with Crippen LogP contribution in [-0.2, 0) is 11.8 Å². The molecule has 0 spiro atoms. The topological polar surface area (TPSA) is 64.0 Å². The first-order valence-electron chi connectivity index (χ1n) is 6.88. The Bertz CT molecular complexity index is 1010. The molecule has 0 radical (unpaired) electrons. The van der Waals surface area contributed by atoms with Gasteiger partial charge < -0.3 is 5.32 Å². The van der Waals surface area contributed by atoms with Gasteiger partial charge in [-0.1, -0.05) is 11.8 Å². The molecule has 1 aromatic carbocycles. The normalized spacial score (nSPS) is 11.0. The van der Waals surface area contributed by atoms with Crippen LogP contribution >= 0.6 is 39.0 Å². The van der Waals surface area contributed by atoms with Gasteiger partial charge in [0, 0.05) is 17.6 Å². The number of benzene rings is 1. The molecule has 10 heteroatoms. The van der Waals surface area contributed by atoms with Crippen LogP contribution in [0.2, 0.25) is 0 Å². The average Bonchev–Trinajstić information content (AvgIpc) is 3.01. The number of rotatable bonds is 4. The summed E-state index contributed by atoms with van der Waals surface area (Å²) in [4.78, 5) is 28.6. The molecular weight excluding hydrogens is 436 g/mol. The summed E-state index contributed by atoms with van der Waals surface area (Å²) in [5, 5.41) is 4.53. The first-order chi connectivity index (χ1) is 11.9. The fraction of sp³-hybridized carbons (Fsp3) is 0.133. The lowest BCUT2D eigenvalue weighted by molar-refractivity contribution is -0.113. The maximum atomic E-state index is 13.7. The lowest BCUT2D eigenvalue weighted by Crippen LogP contribution is -2.21. The van der Waals surface area contributed by atoms with E-state index in [0.29, 0.717) is 21.4 Å². The predicted molar refractivity (Wildman–Crippen MR) is 98.3 cm³/mol. The van der Waals surface area contributed by atoms with Gasteiger partial charge in [-0.15, -0.1) is 11.3 Å². The van der Waals surface area contributed by atoms with E-state index in [2.05, 4.69) is 26.2 Å². The quantitative estimate of drug-likeness (QED) is 0.490. The number of carbonyl (C=O) groups excluding carboxylic acids is 1. The molecule has 0 aliphatic rings. The van der Waals surface area contributed by atoms with Crippen LogP contribution in [0.25, 0.3) is 10.2 Å². The molecule has 1 amide bonds. The molecule has 0 fully saturated rings. The molecule has 0 saturated carbocycles. The maximum Gasteiger partial charge on any atom is 0.271 e. The zero-order chi connectivity index (χ0) is 18.1. The second-order valence-corrected chi connectivity index (χ2v) is 7.69. The zero-order valence-corrected chi connectivity index (χ0v) is 15.9. The molecule has 0 unspecified atom stereocenters. The van der Waals surface area contributed by atoms with Crippen LogP contribution < -0.4 is 10.9 Å². The summed E-state index contributed by atoms with van der Waals surface area (Å²) in [6.07, 6.45) is 0. The fourth-order valence-electron chi connectivity index (χ4n) is 2.06. The van der Waals surface area contributed by atoms with Gasteiger partial charge >= 0.3 is 0 Å². The Balaban J connectivity index is 1.75. The number of fused-ring (bicyclic) bond motifs is 1. The summed E-state index contributed by atoms with van der Waals surface area (Å²) >= 11 is 5.37. The number of thioether (sulfide) groups is 1. The summed E-state index contributed by atoms with van der Waals surface area (Å²) in [6.45, 7) is 0. The molecule has 2 heterocycles. The van der Waals surface area contributed by atoms with E-state index in [4.69, 9.17) is 0 Å². The number of anilines is 1. The number of amides is 1. The van der Waals surface area contributed by atoms with E-state index in [9.17, 15) is 18.4 Å². The van der Waals surface area contributed by atoms with Crippen molar-refractivity contribution in [1.29, 1.82) is 0 Å². The van der Waals surface area contributed by atoms with Crippen LogP contribution in [-0.4, -0.2) is 21.2 Å². The van der Waals surface area contributed by atoms with Crippen molar-refractivity contribution in [3.63, 3.8) is 0 Å². The van der Waals surface area contributed by atoms with Gasteiger partial charge in [0.05, 0.1) is 17.0 Å². The number of hydrogen-bond acceptors (Lipinski definition) is 5. The van der Waals surface area contributed by atoms with Gasteiger partial charge in [0.25, 0.3) is 5.56 Å². The number of hydrogen-bond donors (Lipinski definition) is 1. The lowest BCUT2D eigenvalue weighted by atomic mass is 10.3. The second kappa shape index (κ2) is 7.22. The van der Waals surface area contributed by atoms with Crippen molar-refractivity contribution in [2.75, 3.05) is 11.1 Å². The highest BCUT2D eigenvalue weighted by Crippen LogP contribution is 2.27. The third-order valence-corrected chi connectivity index (χ3v) is 5.80. The largest absolute Gasteiger partial charge is 0.322 e. The minimum atomic E-state index is -0.879. The second-order valence-electron chi connectivity index (χ2n) is 4.97. The average molecular weight is 446 g/mol. The molecule has 1 N–H and O–H groups in total. The van der Waals surface area contributed by atoms with E-state index in [0.717, 1.165) is 17.8 Å². The Morgan fingerprint density at radius 2 is 2.20 bits per heavy atom.